The van der Waals surface area contributed by atoms with E-state index < -0.39 is 17.7 Å². The average Bonchev–Trinajstić information content (AvgIpc) is 3.30. The second kappa shape index (κ2) is 10.9. The number of carboxylic acids is 1. The van der Waals surface area contributed by atoms with Gasteiger partial charge in [-0.05, 0) is 53.4 Å². The highest BCUT2D eigenvalue weighted by Crippen LogP contribution is 2.32. The highest BCUT2D eigenvalue weighted by atomic mass is 19.4. The number of hydrogen-bond donors (Lipinski definition) is 2. The number of amides is 1. The van der Waals surface area contributed by atoms with Crippen molar-refractivity contribution in [2.45, 2.75) is 38.4 Å². The number of hydrogen-bond acceptors (Lipinski definition) is 3. The Balaban J connectivity index is 1.56. The Labute approximate surface area is 211 Å². The minimum atomic E-state index is -4.37. The summed E-state index contributed by atoms with van der Waals surface area (Å²) in [5.41, 5.74) is 3.12. The second-order valence-corrected chi connectivity index (χ2v) is 8.76. The van der Waals surface area contributed by atoms with Gasteiger partial charge in [-0.15, -0.1) is 0 Å². The highest BCUT2D eigenvalue weighted by Gasteiger charge is 2.30. The van der Waals surface area contributed by atoms with E-state index in [2.05, 4.69) is 17.3 Å². The number of nitrogens with one attached hydrogen (secondary N) is 1. The van der Waals surface area contributed by atoms with Crippen LogP contribution in [0, 0.1) is 0 Å². The lowest BCUT2D eigenvalue weighted by Gasteiger charge is -2.19. The summed E-state index contributed by atoms with van der Waals surface area (Å²) in [5, 5.41) is 16.7. The van der Waals surface area contributed by atoms with Crippen molar-refractivity contribution >= 4 is 22.8 Å². The number of aliphatic carboxylic acids is 1. The van der Waals surface area contributed by atoms with Gasteiger partial charge < -0.3 is 10.4 Å². The summed E-state index contributed by atoms with van der Waals surface area (Å²) in [6.07, 6.45) is -1.11. The number of halogens is 3. The van der Waals surface area contributed by atoms with E-state index in [-0.39, 0.29) is 24.9 Å². The third kappa shape index (κ3) is 5.99. The van der Waals surface area contributed by atoms with Crippen LogP contribution in [0.4, 0.5) is 13.2 Å². The first-order valence-electron chi connectivity index (χ1n) is 11.9. The first kappa shape index (κ1) is 25.9. The molecule has 0 fully saturated rings. The number of carboxylic acid groups (broad SMARTS) is 1. The monoisotopic (exact) mass is 509 g/mol. The van der Waals surface area contributed by atoms with E-state index in [4.69, 9.17) is 5.11 Å². The molecule has 0 bridgehead atoms. The van der Waals surface area contributed by atoms with Gasteiger partial charge in [0.15, 0.2) is 0 Å². The maximum absolute atomic E-state index is 12.9. The molecule has 37 heavy (non-hydrogen) atoms. The van der Waals surface area contributed by atoms with E-state index in [1.54, 1.807) is 18.3 Å². The van der Waals surface area contributed by atoms with Crippen LogP contribution in [0.2, 0.25) is 0 Å². The molecular formula is C28H26F3N3O3. The fourth-order valence-electron chi connectivity index (χ4n) is 4.28. The summed E-state index contributed by atoms with van der Waals surface area (Å²) in [6, 6.07) is 18.0. The van der Waals surface area contributed by atoms with Gasteiger partial charge in [0, 0.05) is 17.5 Å². The Morgan fingerprint density at radius 3 is 2.24 bits per heavy atom. The summed E-state index contributed by atoms with van der Waals surface area (Å²) in [4.78, 5) is 23.0. The van der Waals surface area contributed by atoms with Gasteiger partial charge in [-0.1, -0.05) is 49.7 Å². The Morgan fingerprint density at radius 2 is 1.65 bits per heavy atom. The maximum Gasteiger partial charge on any atom is 0.416 e. The van der Waals surface area contributed by atoms with E-state index in [1.165, 1.54) is 12.1 Å². The van der Waals surface area contributed by atoms with Crippen molar-refractivity contribution in [3.63, 3.8) is 0 Å². The summed E-state index contributed by atoms with van der Waals surface area (Å²) >= 11 is 0. The molecule has 1 amide bonds. The lowest BCUT2D eigenvalue weighted by Crippen LogP contribution is -2.25. The molecule has 4 rings (SSSR count). The molecule has 1 atom stereocenters. The molecule has 192 valence electrons. The van der Waals surface area contributed by atoms with Gasteiger partial charge in [-0.25, -0.2) is 0 Å². The van der Waals surface area contributed by atoms with E-state index in [9.17, 15) is 22.8 Å². The molecule has 3 aromatic carbocycles. The van der Waals surface area contributed by atoms with Crippen molar-refractivity contribution in [1.82, 2.24) is 15.1 Å². The van der Waals surface area contributed by atoms with Crippen LogP contribution in [0.1, 0.15) is 53.7 Å². The molecule has 6 nitrogen and oxygen atoms in total. The van der Waals surface area contributed by atoms with Crippen molar-refractivity contribution in [2.75, 3.05) is 6.54 Å². The highest BCUT2D eigenvalue weighted by molar-refractivity contribution is 5.98. The molecule has 1 heterocycles. The molecule has 4 aromatic rings. The molecule has 0 aliphatic rings. The number of rotatable bonds is 9. The van der Waals surface area contributed by atoms with Crippen molar-refractivity contribution < 1.29 is 27.9 Å². The average molecular weight is 510 g/mol. The largest absolute Gasteiger partial charge is 0.481 e. The first-order valence-corrected chi connectivity index (χ1v) is 11.9. The molecule has 2 N–H and O–H groups in total. The molecular weight excluding hydrogens is 483 g/mol. The van der Waals surface area contributed by atoms with Crippen LogP contribution in [0.3, 0.4) is 0 Å². The molecule has 0 spiro atoms. The summed E-state index contributed by atoms with van der Waals surface area (Å²) < 4.78 is 40.5. The molecule has 0 saturated heterocycles. The number of fused-ring (bicyclic) bond motifs is 1. The lowest BCUT2D eigenvalue weighted by atomic mass is 9.97. The third-order valence-corrected chi connectivity index (χ3v) is 6.18. The molecule has 9 heteroatoms. The quantitative estimate of drug-likeness (QED) is 0.277. The summed E-state index contributed by atoms with van der Waals surface area (Å²) in [6.45, 7) is 2.13. The van der Waals surface area contributed by atoms with Gasteiger partial charge in [0.1, 0.15) is 0 Å². The third-order valence-electron chi connectivity index (χ3n) is 6.18. The van der Waals surface area contributed by atoms with Crippen LogP contribution >= 0.6 is 0 Å². The van der Waals surface area contributed by atoms with E-state index in [1.807, 2.05) is 35.0 Å². The van der Waals surface area contributed by atoms with Gasteiger partial charge in [0.25, 0.3) is 5.91 Å². The van der Waals surface area contributed by atoms with Gasteiger partial charge in [0.05, 0.1) is 29.7 Å². The van der Waals surface area contributed by atoms with Crippen LogP contribution in [0.25, 0.3) is 22.0 Å². The van der Waals surface area contributed by atoms with Gasteiger partial charge >= 0.3 is 12.1 Å². The number of alkyl halides is 3. The standard InChI is InChI=1S/C28H26F3N3O3/c1-2-3-24(20-6-4-18(5-7-20)19-8-11-23(12-9-19)28(29,30)31)34-25-13-10-21(16-22(25)17-33-34)27(37)32-15-14-26(35)36/h4-13,16-17,24H,2-3,14-15H2,1H3,(H,32,37)(H,35,36). The van der Waals surface area contributed by atoms with Crippen LogP contribution in [-0.4, -0.2) is 33.3 Å². The summed E-state index contributed by atoms with van der Waals surface area (Å²) in [5.74, 6) is -1.33. The predicted molar refractivity (Wildman–Crippen MR) is 134 cm³/mol. The molecule has 0 saturated carbocycles. The second-order valence-electron chi connectivity index (χ2n) is 8.76. The first-order chi connectivity index (χ1) is 17.7. The van der Waals surface area contributed by atoms with Crippen LogP contribution in [-0.2, 0) is 11.0 Å². The van der Waals surface area contributed by atoms with Crippen molar-refractivity contribution in [1.29, 1.82) is 0 Å². The SMILES string of the molecule is CCCC(c1ccc(-c2ccc(C(F)(F)F)cc2)cc1)n1ncc2cc(C(=O)NCCC(=O)O)ccc21. The van der Waals surface area contributed by atoms with Crippen molar-refractivity contribution in [2.24, 2.45) is 0 Å². The number of nitrogens with zero attached hydrogens (tertiary/aromatic N) is 2. The zero-order valence-electron chi connectivity index (χ0n) is 20.1. The zero-order valence-corrected chi connectivity index (χ0v) is 20.1. The Kier molecular flexibility index (Phi) is 7.61. The number of aromatic nitrogens is 2. The minimum absolute atomic E-state index is 0.0481. The van der Waals surface area contributed by atoms with Crippen LogP contribution in [0.15, 0.2) is 72.9 Å². The number of benzene rings is 3. The van der Waals surface area contributed by atoms with Gasteiger partial charge in [0.2, 0.25) is 0 Å². The lowest BCUT2D eigenvalue weighted by molar-refractivity contribution is -0.138. The zero-order chi connectivity index (χ0) is 26.6. The van der Waals surface area contributed by atoms with Crippen LogP contribution in [0.5, 0.6) is 0 Å². The van der Waals surface area contributed by atoms with Gasteiger partial charge in [-0.3, -0.25) is 14.3 Å². The molecule has 1 aromatic heterocycles. The van der Waals surface area contributed by atoms with Crippen molar-refractivity contribution in [3.05, 3.63) is 89.6 Å². The Hall–Kier alpha value is -4.14. The normalized spacial score (nSPS) is 12.4. The topological polar surface area (TPSA) is 84.2 Å². The van der Waals surface area contributed by atoms with E-state index >= 15 is 0 Å². The van der Waals surface area contributed by atoms with E-state index in [0.717, 1.165) is 47.0 Å². The van der Waals surface area contributed by atoms with E-state index in [0.29, 0.717) is 11.1 Å². The Morgan fingerprint density at radius 1 is 1.00 bits per heavy atom. The fourth-order valence-corrected chi connectivity index (χ4v) is 4.28. The van der Waals surface area contributed by atoms with Crippen molar-refractivity contribution in [3.8, 4) is 11.1 Å². The number of carbonyl (C=O) groups excluding carboxylic acids is 1. The predicted octanol–water partition coefficient (Wildman–Crippen LogP) is 6.32. The fraction of sp³-hybridized carbons (Fsp3) is 0.250. The maximum atomic E-state index is 12.9. The molecule has 0 radical (unpaired) electrons. The minimum Gasteiger partial charge on any atom is -0.481 e. The smallest absolute Gasteiger partial charge is 0.416 e. The summed E-state index contributed by atoms with van der Waals surface area (Å²) in [7, 11) is 0. The van der Waals surface area contributed by atoms with Gasteiger partial charge in [-0.2, -0.15) is 18.3 Å². The Bertz CT molecular complexity index is 1390. The molecule has 0 aliphatic heterocycles. The molecule has 0 aliphatic carbocycles. The number of carbonyl (C=O) groups is 2. The molecule has 1 unspecified atom stereocenters. The van der Waals surface area contributed by atoms with Crippen LogP contribution < -0.4 is 5.32 Å².